The van der Waals surface area contributed by atoms with E-state index in [1.807, 2.05) is 0 Å². The van der Waals surface area contributed by atoms with Crippen LogP contribution in [-0.2, 0) is 9.53 Å². The van der Waals surface area contributed by atoms with Gasteiger partial charge in [0.2, 0.25) is 0 Å². The van der Waals surface area contributed by atoms with Crippen molar-refractivity contribution in [1.82, 2.24) is 5.32 Å². The van der Waals surface area contributed by atoms with E-state index in [1.54, 1.807) is 26.1 Å². The normalized spacial score (nSPS) is 10.7. The molecule has 0 heterocycles. The van der Waals surface area contributed by atoms with Crippen LogP contribution in [-0.4, -0.2) is 19.1 Å². The van der Waals surface area contributed by atoms with Crippen LogP contribution in [0, 0.1) is 0 Å². The first-order valence-electron chi connectivity index (χ1n) is 3.90. The topological polar surface area (TPSA) is 38.3 Å². The molecule has 0 aromatic rings. The summed E-state index contributed by atoms with van der Waals surface area (Å²) in [5.41, 5.74) is 0.568. The summed E-state index contributed by atoms with van der Waals surface area (Å²) in [5.74, 6) is -0.283. The molecule has 0 saturated heterocycles. The Balaban J connectivity index is 3.81. The Morgan fingerprint density at radius 2 is 2.33 bits per heavy atom. The Kier molecular flexibility index (Phi) is 5.79. The lowest BCUT2D eigenvalue weighted by Crippen LogP contribution is -2.11. The highest BCUT2D eigenvalue weighted by atomic mass is 16.5. The van der Waals surface area contributed by atoms with Gasteiger partial charge in [-0.1, -0.05) is 6.08 Å². The minimum absolute atomic E-state index is 0.283. The maximum Gasteiger partial charge on any atom is 0.335 e. The van der Waals surface area contributed by atoms with Crippen molar-refractivity contribution < 1.29 is 9.53 Å². The quantitative estimate of drug-likeness (QED) is 0.291. The molecule has 0 aliphatic rings. The van der Waals surface area contributed by atoms with E-state index in [4.69, 9.17) is 4.74 Å². The van der Waals surface area contributed by atoms with E-state index in [2.05, 4.69) is 11.9 Å². The van der Waals surface area contributed by atoms with Gasteiger partial charge in [0.05, 0.1) is 6.61 Å². The molecule has 68 valence electrons. The number of rotatable bonds is 5. The third-order valence-electron chi connectivity index (χ3n) is 1.18. The Morgan fingerprint density at radius 3 is 2.83 bits per heavy atom. The van der Waals surface area contributed by atoms with Crippen LogP contribution in [0.25, 0.3) is 0 Å². The van der Waals surface area contributed by atoms with Crippen LogP contribution in [0.2, 0.25) is 0 Å². The molecule has 0 rings (SSSR count). The minimum atomic E-state index is -0.283. The molecule has 0 aliphatic heterocycles. The van der Waals surface area contributed by atoms with Crippen molar-refractivity contribution >= 4 is 5.97 Å². The predicted molar refractivity (Wildman–Crippen MR) is 48.6 cm³/mol. The number of ether oxygens (including phenoxy) is 1. The molecule has 0 aromatic carbocycles. The number of hydrogen-bond acceptors (Lipinski definition) is 3. The minimum Gasteiger partial charge on any atom is -0.463 e. The zero-order valence-electron chi connectivity index (χ0n) is 7.59. The van der Waals surface area contributed by atoms with Gasteiger partial charge in [-0.3, -0.25) is 0 Å². The summed E-state index contributed by atoms with van der Waals surface area (Å²) in [6.07, 6.45) is 3.34. The molecule has 3 heteroatoms. The second-order valence-corrected chi connectivity index (χ2v) is 2.24. The van der Waals surface area contributed by atoms with Crippen molar-refractivity contribution in [3.63, 3.8) is 0 Å². The summed E-state index contributed by atoms with van der Waals surface area (Å²) in [4.78, 5) is 11.0. The van der Waals surface area contributed by atoms with Crippen LogP contribution >= 0.6 is 0 Å². The molecule has 0 aliphatic carbocycles. The third-order valence-corrected chi connectivity index (χ3v) is 1.18. The van der Waals surface area contributed by atoms with Gasteiger partial charge in [-0.25, -0.2) is 4.79 Å². The largest absolute Gasteiger partial charge is 0.463 e. The summed E-state index contributed by atoms with van der Waals surface area (Å²) in [5, 5.41) is 2.89. The molecule has 0 bridgehead atoms. The van der Waals surface area contributed by atoms with E-state index in [-0.39, 0.29) is 5.97 Å². The van der Waals surface area contributed by atoms with Crippen LogP contribution < -0.4 is 5.32 Å². The number of carbonyl (C=O) groups excluding carboxylic acids is 1. The first-order chi connectivity index (χ1) is 5.72. The molecule has 0 fully saturated rings. The molecule has 3 nitrogen and oxygen atoms in total. The second kappa shape index (κ2) is 6.46. The molecule has 0 atom stereocenters. The summed E-state index contributed by atoms with van der Waals surface area (Å²) in [6.45, 7) is 8.07. The lowest BCUT2D eigenvalue weighted by atomic mass is 10.3. The van der Waals surface area contributed by atoms with Gasteiger partial charge in [0.15, 0.2) is 0 Å². The standard InChI is InChI=1S/C9H15NO2/c1-4-6-10-7-8(3)9(11)12-5-2/h4,7,10H,1,5-6H2,2-3H3/b8-7-. The van der Waals surface area contributed by atoms with Gasteiger partial charge in [0, 0.05) is 18.3 Å². The Bertz CT molecular complexity index is 185. The maximum absolute atomic E-state index is 11.0. The van der Waals surface area contributed by atoms with Crippen molar-refractivity contribution in [2.45, 2.75) is 13.8 Å². The van der Waals surface area contributed by atoms with Gasteiger partial charge in [0.25, 0.3) is 0 Å². The average Bonchev–Trinajstić information content (AvgIpc) is 2.05. The Labute approximate surface area is 73.1 Å². The smallest absolute Gasteiger partial charge is 0.335 e. The summed E-state index contributed by atoms with van der Waals surface area (Å²) in [6, 6.07) is 0. The predicted octanol–water partition coefficient (Wildman–Crippen LogP) is 1.23. The molecule has 0 spiro atoms. The van der Waals surface area contributed by atoms with Crippen LogP contribution in [0.15, 0.2) is 24.4 Å². The van der Waals surface area contributed by atoms with E-state index in [9.17, 15) is 4.79 Å². The summed E-state index contributed by atoms with van der Waals surface area (Å²) >= 11 is 0. The Hall–Kier alpha value is -1.25. The first-order valence-corrected chi connectivity index (χ1v) is 3.90. The zero-order chi connectivity index (χ0) is 9.40. The lowest BCUT2D eigenvalue weighted by molar-refractivity contribution is -0.138. The van der Waals surface area contributed by atoms with Crippen molar-refractivity contribution in [2.24, 2.45) is 0 Å². The third kappa shape index (κ3) is 4.55. The zero-order valence-corrected chi connectivity index (χ0v) is 7.59. The van der Waals surface area contributed by atoms with E-state index in [0.29, 0.717) is 18.7 Å². The molecule has 0 radical (unpaired) electrons. The van der Waals surface area contributed by atoms with Crippen LogP contribution in [0.1, 0.15) is 13.8 Å². The molecule has 0 unspecified atom stereocenters. The molecule has 0 saturated carbocycles. The SMILES string of the molecule is C=CCN/C=C(/C)C(=O)OCC. The van der Waals surface area contributed by atoms with E-state index in [0.717, 1.165) is 0 Å². The maximum atomic E-state index is 11.0. The van der Waals surface area contributed by atoms with E-state index in [1.165, 1.54) is 0 Å². The van der Waals surface area contributed by atoms with Crippen LogP contribution in [0.4, 0.5) is 0 Å². The highest BCUT2D eigenvalue weighted by Crippen LogP contribution is 1.93. The van der Waals surface area contributed by atoms with E-state index >= 15 is 0 Å². The summed E-state index contributed by atoms with van der Waals surface area (Å²) < 4.78 is 4.76. The van der Waals surface area contributed by atoms with Gasteiger partial charge in [-0.2, -0.15) is 0 Å². The second-order valence-electron chi connectivity index (χ2n) is 2.24. The number of hydrogen-bond donors (Lipinski definition) is 1. The van der Waals surface area contributed by atoms with Crippen LogP contribution in [0.3, 0.4) is 0 Å². The van der Waals surface area contributed by atoms with Gasteiger partial charge in [-0.15, -0.1) is 6.58 Å². The first kappa shape index (κ1) is 10.8. The highest BCUT2D eigenvalue weighted by molar-refractivity contribution is 5.87. The lowest BCUT2D eigenvalue weighted by Gasteiger charge is -2.01. The average molecular weight is 169 g/mol. The van der Waals surface area contributed by atoms with Gasteiger partial charge >= 0.3 is 5.97 Å². The van der Waals surface area contributed by atoms with Gasteiger partial charge in [-0.05, 0) is 13.8 Å². The molecule has 12 heavy (non-hydrogen) atoms. The molecule has 0 amide bonds. The van der Waals surface area contributed by atoms with Crippen molar-refractivity contribution in [3.05, 3.63) is 24.4 Å². The molecule has 0 aromatic heterocycles. The molecule has 1 N–H and O–H groups in total. The van der Waals surface area contributed by atoms with Gasteiger partial charge in [0.1, 0.15) is 0 Å². The Morgan fingerprint density at radius 1 is 1.67 bits per heavy atom. The van der Waals surface area contributed by atoms with Crippen molar-refractivity contribution in [3.8, 4) is 0 Å². The fraction of sp³-hybridized carbons (Fsp3) is 0.444. The monoisotopic (exact) mass is 169 g/mol. The fourth-order valence-corrected chi connectivity index (χ4v) is 0.599. The van der Waals surface area contributed by atoms with Crippen molar-refractivity contribution in [1.29, 1.82) is 0 Å². The number of carbonyl (C=O) groups is 1. The fourth-order valence-electron chi connectivity index (χ4n) is 0.599. The summed E-state index contributed by atoms with van der Waals surface area (Å²) in [7, 11) is 0. The van der Waals surface area contributed by atoms with Crippen LogP contribution in [0.5, 0.6) is 0 Å². The molecular weight excluding hydrogens is 154 g/mol. The number of esters is 1. The highest BCUT2D eigenvalue weighted by Gasteiger charge is 2.02. The van der Waals surface area contributed by atoms with E-state index < -0.39 is 0 Å². The van der Waals surface area contributed by atoms with Gasteiger partial charge < -0.3 is 10.1 Å². The number of nitrogens with one attached hydrogen (secondary N) is 1. The molecular formula is C9H15NO2. The van der Waals surface area contributed by atoms with Crippen molar-refractivity contribution in [2.75, 3.05) is 13.2 Å².